The van der Waals surface area contributed by atoms with Crippen LogP contribution in [0, 0.1) is 18.8 Å². The summed E-state index contributed by atoms with van der Waals surface area (Å²) in [5, 5.41) is 0. The molecule has 7 heteroatoms. The average Bonchev–Trinajstić information content (AvgIpc) is 3.53. The molecule has 0 radical (unpaired) electrons. The van der Waals surface area contributed by atoms with Gasteiger partial charge in [0.25, 0.3) is 5.91 Å². The van der Waals surface area contributed by atoms with E-state index in [1.165, 1.54) is 4.90 Å². The number of piperidine rings is 1. The van der Waals surface area contributed by atoms with Crippen LogP contribution in [0.5, 0.6) is 0 Å². The molecule has 1 aromatic heterocycles. The van der Waals surface area contributed by atoms with E-state index in [0.29, 0.717) is 32.5 Å². The number of hydrogen-bond donors (Lipinski definition) is 0. The normalized spacial score (nSPS) is 21.6. The molecule has 7 nitrogen and oxygen atoms in total. The van der Waals surface area contributed by atoms with E-state index in [4.69, 9.17) is 0 Å². The number of nitrogens with zero attached hydrogens (tertiary/aromatic N) is 4. The minimum absolute atomic E-state index is 0.133. The molecule has 2 aliphatic heterocycles. The molecule has 0 N–H and O–H groups in total. The lowest BCUT2D eigenvalue weighted by Gasteiger charge is -2.42. The monoisotopic (exact) mass is 398 g/mol. The molecule has 29 heavy (non-hydrogen) atoms. The van der Waals surface area contributed by atoms with Crippen LogP contribution in [0.15, 0.2) is 18.3 Å². The van der Waals surface area contributed by atoms with Gasteiger partial charge in [0.05, 0.1) is 12.2 Å². The number of amides is 4. The molecule has 0 aromatic carbocycles. The van der Waals surface area contributed by atoms with E-state index < -0.39 is 5.54 Å². The van der Waals surface area contributed by atoms with Crippen molar-refractivity contribution in [2.75, 3.05) is 19.6 Å². The van der Waals surface area contributed by atoms with Crippen LogP contribution in [0.1, 0.15) is 50.8 Å². The zero-order chi connectivity index (χ0) is 20.8. The number of hydrogen-bond acceptors (Lipinski definition) is 4. The van der Waals surface area contributed by atoms with Crippen LogP contribution in [-0.2, 0) is 16.1 Å². The second kappa shape index (κ2) is 7.43. The minimum Gasteiger partial charge on any atom is -0.342 e. The van der Waals surface area contributed by atoms with Crippen LogP contribution in [0.25, 0.3) is 0 Å². The zero-order valence-corrected chi connectivity index (χ0v) is 17.6. The van der Waals surface area contributed by atoms with Crippen LogP contribution in [0.4, 0.5) is 4.79 Å². The third kappa shape index (κ3) is 3.51. The molecule has 3 heterocycles. The SMILES string of the molecule is Cc1cccnc1CN1C(=O)N(CC(C)C)C2(CCN(C(=O)C3CC3)CC2)C1=O. The fourth-order valence-corrected chi connectivity index (χ4v) is 4.54. The van der Waals surface area contributed by atoms with Gasteiger partial charge in [-0.15, -0.1) is 0 Å². The zero-order valence-electron chi connectivity index (χ0n) is 17.6. The highest BCUT2D eigenvalue weighted by Crippen LogP contribution is 2.40. The number of imide groups is 1. The maximum Gasteiger partial charge on any atom is 0.328 e. The number of likely N-dealkylation sites (tertiary alicyclic amines) is 1. The van der Waals surface area contributed by atoms with E-state index in [-0.39, 0.29) is 36.2 Å². The number of carbonyl (C=O) groups is 3. The van der Waals surface area contributed by atoms with Crippen molar-refractivity contribution in [2.24, 2.45) is 11.8 Å². The number of aryl methyl sites for hydroxylation is 1. The van der Waals surface area contributed by atoms with Crippen molar-refractivity contribution in [1.82, 2.24) is 19.7 Å². The molecule has 3 fully saturated rings. The standard InChI is InChI=1S/C22H30N4O3/c1-15(2)13-26-21(29)25(14-18-16(3)5-4-10-23-18)20(28)22(26)8-11-24(12-9-22)19(27)17-6-7-17/h4-5,10,15,17H,6-9,11-14H2,1-3H3. The van der Waals surface area contributed by atoms with Gasteiger partial charge in [0.1, 0.15) is 5.54 Å². The Labute approximate surface area is 172 Å². The van der Waals surface area contributed by atoms with E-state index in [1.54, 1.807) is 11.1 Å². The molecule has 2 saturated heterocycles. The molecule has 1 spiro atoms. The minimum atomic E-state index is -0.829. The highest BCUT2D eigenvalue weighted by molar-refractivity contribution is 6.07. The molecule has 4 amide bonds. The van der Waals surface area contributed by atoms with Crippen molar-refractivity contribution < 1.29 is 14.4 Å². The molecule has 156 valence electrons. The summed E-state index contributed by atoms with van der Waals surface area (Å²) in [5.74, 6) is 0.520. The quantitative estimate of drug-likeness (QED) is 0.715. The molecule has 1 saturated carbocycles. The molecular formula is C22H30N4O3. The maximum absolute atomic E-state index is 13.6. The highest BCUT2D eigenvalue weighted by atomic mass is 16.2. The summed E-state index contributed by atoms with van der Waals surface area (Å²) in [6.07, 6.45) is 4.68. The summed E-state index contributed by atoms with van der Waals surface area (Å²) in [5.41, 5.74) is 0.885. The number of aromatic nitrogens is 1. The third-order valence-corrected chi connectivity index (χ3v) is 6.42. The molecule has 0 atom stereocenters. The Balaban J connectivity index is 1.58. The first kappa shape index (κ1) is 19.9. The summed E-state index contributed by atoms with van der Waals surface area (Å²) in [4.78, 5) is 48.7. The molecule has 0 bridgehead atoms. The van der Waals surface area contributed by atoms with E-state index in [9.17, 15) is 14.4 Å². The lowest BCUT2D eigenvalue weighted by molar-refractivity contribution is -0.142. The van der Waals surface area contributed by atoms with Gasteiger partial charge in [0.15, 0.2) is 0 Å². The van der Waals surface area contributed by atoms with Gasteiger partial charge >= 0.3 is 6.03 Å². The van der Waals surface area contributed by atoms with Crippen molar-refractivity contribution in [3.8, 4) is 0 Å². The second-order valence-electron chi connectivity index (χ2n) is 9.08. The second-order valence-corrected chi connectivity index (χ2v) is 9.08. The predicted molar refractivity (Wildman–Crippen MR) is 108 cm³/mol. The molecular weight excluding hydrogens is 368 g/mol. The summed E-state index contributed by atoms with van der Waals surface area (Å²) >= 11 is 0. The van der Waals surface area contributed by atoms with Crippen LogP contribution < -0.4 is 0 Å². The molecule has 0 unspecified atom stereocenters. The van der Waals surface area contributed by atoms with Gasteiger partial charge < -0.3 is 9.80 Å². The van der Waals surface area contributed by atoms with E-state index in [2.05, 4.69) is 18.8 Å². The number of carbonyl (C=O) groups excluding carboxylic acids is 3. The fourth-order valence-electron chi connectivity index (χ4n) is 4.54. The van der Waals surface area contributed by atoms with Crippen molar-refractivity contribution in [3.63, 3.8) is 0 Å². The Hall–Kier alpha value is -2.44. The van der Waals surface area contributed by atoms with Crippen molar-refractivity contribution >= 4 is 17.8 Å². The molecule has 3 aliphatic rings. The molecule has 1 aliphatic carbocycles. The Morgan fingerprint density at radius 3 is 2.52 bits per heavy atom. The lowest BCUT2D eigenvalue weighted by Crippen LogP contribution is -2.58. The van der Waals surface area contributed by atoms with E-state index in [1.807, 2.05) is 24.0 Å². The van der Waals surface area contributed by atoms with Gasteiger partial charge in [-0.25, -0.2) is 4.79 Å². The van der Waals surface area contributed by atoms with Gasteiger partial charge in [-0.3, -0.25) is 19.5 Å². The first-order valence-corrected chi connectivity index (χ1v) is 10.7. The summed E-state index contributed by atoms with van der Waals surface area (Å²) in [6.45, 7) is 7.88. The van der Waals surface area contributed by atoms with E-state index in [0.717, 1.165) is 24.1 Å². The van der Waals surface area contributed by atoms with Gasteiger partial charge in [0.2, 0.25) is 5.91 Å². The number of urea groups is 1. The predicted octanol–water partition coefficient (Wildman–Crippen LogP) is 2.58. The van der Waals surface area contributed by atoms with Gasteiger partial charge in [-0.2, -0.15) is 0 Å². The van der Waals surface area contributed by atoms with Crippen LogP contribution in [0.3, 0.4) is 0 Å². The average molecular weight is 399 g/mol. The lowest BCUT2D eigenvalue weighted by atomic mass is 9.85. The van der Waals surface area contributed by atoms with Crippen LogP contribution in [0.2, 0.25) is 0 Å². The Morgan fingerprint density at radius 1 is 1.24 bits per heavy atom. The smallest absolute Gasteiger partial charge is 0.328 e. The van der Waals surface area contributed by atoms with Crippen LogP contribution in [-0.4, -0.2) is 62.7 Å². The van der Waals surface area contributed by atoms with E-state index >= 15 is 0 Å². The van der Waals surface area contributed by atoms with Gasteiger partial charge in [-0.1, -0.05) is 19.9 Å². The summed E-state index contributed by atoms with van der Waals surface area (Å²) in [6, 6.07) is 3.57. The molecule has 1 aromatic rings. The highest BCUT2D eigenvalue weighted by Gasteiger charge is 2.58. The molecule has 4 rings (SSSR count). The fraction of sp³-hybridized carbons (Fsp3) is 0.636. The topological polar surface area (TPSA) is 73.8 Å². The summed E-state index contributed by atoms with van der Waals surface area (Å²) in [7, 11) is 0. The van der Waals surface area contributed by atoms with Crippen molar-refractivity contribution in [2.45, 2.75) is 58.5 Å². The Kier molecular flexibility index (Phi) is 5.09. The van der Waals surface area contributed by atoms with Crippen LogP contribution >= 0.6 is 0 Å². The summed E-state index contributed by atoms with van der Waals surface area (Å²) < 4.78 is 0. The third-order valence-electron chi connectivity index (χ3n) is 6.42. The largest absolute Gasteiger partial charge is 0.342 e. The van der Waals surface area contributed by atoms with Crippen molar-refractivity contribution in [1.29, 1.82) is 0 Å². The Morgan fingerprint density at radius 2 is 1.93 bits per heavy atom. The maximum atomic E-state index is 13.6. The Bertz CT molecular complexity index is 825. The number of pyridine rings is 1. The first-order chi connectivity index (χ1) is 13.8. The van der Waals surface area contributed by atoms with Gasteiger partial charge in [-0.05, 0) is 50.2 Å². The number of rotatable bonds is 5. The van der Waals surface area contributed by atoms with Gasteiger partial charge in [0, 0.05) is 31.7 Å². The first-order valence-electron chi connectivity index (χ1n) is 10.7. The van der Waals surface area contributed by atoms with Crippen molar-refractivity contribution in [3.05, 3.63) is 29.6 Å².